The Hall–Kier alpha value is -0.0666. The Balaban J connectivity index is 0.00000106. The number of hydrogen-bond acceptors (Lipinski definition) is 1. The molecule has 0 saturated heterocycles. The molecule has 0 aliphatic heterocycles. The zero-order chi connectivity index (χ0) is 12.1. The molecule has 0 atom stereocenters. The van der Waals surface area contributed by atoms with Crippen molar-refractivity contribution in [3.8, 4) is 5.75 Å². The Morgan fingerprint density at radius 1 is 1.12 bits per heavy atom. The van der Waals surface area contributed by atoms with Crippen molar-refractivity contribution in [2.45, 2.75) is 39.0 Å². The molecule has 16 heavy (non-hydrogen) atoms. The zero-order valence-corrected chi connectivity index (χ0v) is 13.8. The second-order valence-corrected chi connectivity index (χ2v) is 3.50. The van der Waals surface area contributed by atoms with Gasteiger partial charge in [0.15, 0.2) is 0 Å². The van der Waals surface area contributed by atoms with E-state index >= 15 is 0 Å². The van der Waals surface area contributed by atoms with E-state index in [0.29, 0.717) is 0 Å². The normalized spacial score (nSPS) is 9.25. The molecule has 0 unspecified atom stereocenters. The van der Waals surface area contributed by atoms with Gasteiger partial charge in [-0.25, -0.2) is 0 Å². The molecular weight excluding hydrogens is 273 g/mol. The third-order valence-corrected chi connectivity index (χ3v) is 2.20. The van der Waals surface area contributed by atoms with Crippen molar-refractivity contribution in [2.24, 2.45) is 0 Å². The van der Waals surface area contributed by atoms with Gasteiger partial charge < -0.3 is 4.74 Å². The fourth-order valence-electron chi connectivity index (χ4n) is 1.36. The standard InChI is InChI=1S/C13H19O.ClH.Zn/c1-2-3-4-5-9-12-14-13-10-7-6-8-11-13;;/h7-8,10-11H,2-5,9,12H2,1H3;1H;/q-1;;+2/p-1. The summed E-state index contributed by atoms with van der Waals surface area (Å²) in [5.74, 6) is 0.958. The second kappa shape index (κ2) is 13.0. The van der Waals surface area contributed by atoms with Crippen LogP contribution in [-0.2, 0) is 17.3 Å². The van der Waals surface area contributed by atoms with Gasteiger partial charge >= 0.3 is 27.0 Å². The van der Waals surface area contributed by atoms with Crippen molar-refractivity contribution in [2.75, 3.05) is 6.61 Å². The molecule has 0 aliphatic rings. The summed E-state index contributed by atoms with van der Waals surface area (Å²) in [6.45, 7) is 3.07. The van der Waals surface area contributed by atoms with Crippen LogP contribution >= 0.6 is 9.69 Å². The van der Waals surface area contributed by atoms with Gasteiger partial charge in [0.05, 0.1) is 6.61 Å². The van der Waals surface area contributed by atoms with Crippen molar-refractivity contribution in [3.63, 3.8) is 0 Å². The molecule has 0 fully saturated rings. The predicted octanol–water partition coefficient (Wildman–Crippen LogP) is 4.52. The fourth-order valence-corrected chi connectivity index (χ4v) is 1.36. The van der Waals surface area contributed by atoms with E-state index in [1.54, 1.807) is 0 Å². The van der Waals surface area contributed by atoms with Gasteiger partial charge in [0.1, 0.15) is 0 Å². The Bertz CT molecular complexity index is 229. The number of ether oxygens (including phenoxy) is 1. The van der Waals surface area contributed by atoms with Crippen LogP contribution in [0.2, 0.25) is 0 Å². The molecule has 0 radical (unpaired) electrons. The van der Waals surface area contributed by atoms with Crippen LogP contribution in [0.1, 0.15) is 39.0 Å². The molecule has 0 aromatic heterocycles. The van der Waals surface area contributed by atoms with Crippen LogP contribution in [0.25, 0.3) is 0 Å². The Kier molecular flexibility index (Phi) is 12.9. The van der Waals surface area contributed by atoms with Crippen molar-refractivity contribution >= 4 is 9.69 Å². The first-order valence-corrected chi connectivity index (χ1v) is 9.69. The van der Waals surface area contributed by atoms with E-state index in [9.17, 15) is 0 Å². The molecule has 0 amide bonds. The van der Waals surface area contributed by atoms with Crippen LogP contribution in [0, 0.1) is 6.07 Å². The molecule has 86 valence electrons. The SMILES string of the molecule is CCCCCCCOc1cc[c-]cc1.[Cl][Zn+]. The minimum atomic E-state index is 0.841. The summed E-state index contributed by atoms with van der Waals surface area (Å²) in [6, 6.07) is 10.6. The van der Waals surface area contributed by atoms with Gasteiger partial charge in [-0.3, -0.25) is 0 Å². The van der Waals surface area contributed by atoms with Crippen LogP contribution in [0.3, 0.4) is 0 Å². The van der Waals surface area contributed by atoms with Crippen LogP contribution in [0.4, 0.5) is 0 Å². The molecule has 0 aliphatic carbocycles. The average molecular weight is 292 g/mol. The molecule has 1 rings (SSSR count). The van der Waals surface area contributed by atoms with Crippen LogP contribution < -0.4 is 4.74 Å². The van der Waals surface area contributed by atoms with E-state index in [4.69, 9.17) is 14.4 Å². The number of halogens is 1. The Morgan fingerprint density at radius 2 is 1.75 bits per heavy atom. The Labute approximate surface area is 113 Å². The van der Waals surface area contributed by atoms with Crippen LogP contribution in [0.15, 0.2) is 24.3 Å². The average Bonchev–Trinajstić information content (AvgIpc) is 2.37. The molecule has 0 spiro atoms. The van der Waals surface area contributed by atoms with E-state index < -0.39 is 0 Å². The number of unbranched alkanes of at least 4 members (excludes halogenated alkanes) is 4. The first-order valence-electron chi connectivity index (χ1n) is 5.79. The molecule has 3 heteroatoms. The summed E-state index contributed by atoms with van der Waals surface area (Å²) in [5, 5.41) is 0. The van der Waals surface area contributed by atoms with E-state index in [1.807, 2.05) is 24.3 Å². The minimum absolute atomic E-state index is 0.841. The number of benzene rings is 1. The van der Waals surface area contributed by atoms with Gasteiger partial charge in [-0.2, -0.15) is 18.2 Å². The quantitative estimate of drug-likeness (QED) is 0.408. The molecule has 0 N–H and O–H groups in total. The molecule has 1 nitrogen and oxygen atoms in total. The molecular formula is C13H19ClOZn. The molecule has 0 heterocycles. The van der Waals surface area contributed by atoms with Gasteiger partial charge in [0.2, 0.25) is 0 Å². The molecule has 0 bridgehead atoms. The second-order valence-electron chi connectivity index (χ2n) is 3.50. The number of rotatable bonds is 7. The fraction of sp³-hybridized carbons (Fsp3) is 0.538. The third kappa shape index (κ3) is 9.18. The summed E-state index contributed by atoms with van der Waals surface area (Å²) < 4.78 is 5.57. The van der Waals surface area contributed by atoms with Crippen LogP contribution in [-0.4, -0.2) is 6.61 Å². The summed E-state index contributed by atoms with van der Waals surface area (Å²) in [6.07, 6.45) is 6.43. The molecule has 0 saturated carbocycles. The summed E-state index contributed by atoms with van der Waals surface area (Å²) >= 11 is 0.847. The summed E-state index contributed by atoms with van der Waals surface area (Å²) in [7, 11) is 4.76. The van der Waals surface area contributed by atoms with Crippen molar-refractivity contribution in [1.82, 2.24) is 0 Å². The topological polar surface area (TPSA) is 9.23 Å². The van der Waals surface area contributed by atoms with E-state index in [2.05, 4.69) is 13.0 Å². The summed E-state index contributed by atoms with van der Waals surface area (Å²) in [4.78, 5) is 0. The van der Waals surface area contributed by atoms with Crippen LogP contribution in [0.5, 0.6) is 5.75 Å². The Morgan fingerprint density at radius 3 is 2.38 bits per heavy atom. The van der Waals surface area contributed by atoms with Gasteiger partial charge in [-0.05, 0) is 6.42 Å². The van der Waals surface area contributed by atoms with Crippen molar-refractivity contribution in [1.29, 1.82) is 0 Å². The molecule has 1 aromatic rings. The van der Waals surface area contributed by atoms with Gasteiger partial charge in [0.25, 0.3) is 0 Å². The van der Waals surface area contributed by atoms with Gasteiger partial charge in [0, 0.05) is 5.75 Å². The number of hydrogen-bond donors (Lipinski definition) is 0. The van der Waals surface area contributed by atoms with Crippen molar-refractivity contribution < 1.29 is 22.0 Å². The van der Waals surface area contributed by atoms with Gasteiger partial charge in [-0.1, -0.05) is 32.6 Å². The van der Waals surface area contributed by atoms with E-state index in [1.165, 1.54) is 32.1 Å². The summed E-state index contributed by atoms with van der Waals surface area (Å²) in [5.41, 5.74) is 0. The maximum absolute atomic E-state index is 5.57. The first kappa shape index (κ1) is 15.9. The molecule has 1 aromatic carbocycles. The predicted molar refractivity (Wildman–Crippen MR) is 65.4 cm³/mol. The van der Waals surface area contributed by atoms with Gasteiger partial charge in [-0.15, -0.1) is 12.1 Å². The van der Waals surface area contributed by atoms with Crippen molar-refractivity contribution in [3.05, 3.63) is 30.3 Å². The monoisotopic (exact) mass is 290 g/mol. The van der Waals surface area contributed by atoms with E-state index in [-0.39, 0.29) is 0 Å². The maximum atomic E-state index is 5.57. The zero-order valence-electron chi connectivity index (χ0n) is 10.0. The van der Waals surface area contributed by atoms with E-state index in [0.717, 1.165) is 29.7 Å². The third-order valence-electron chi connectivity index (χ3n) is 2.20. The first-order chi connectivity index (χ1) is 7.93.